The van der Waals surface area contributed by atoms with Crippen LogP contribution in [-0.4, -0.2) is 27.9 Å². The molecule has 2 N–H and O–H groups in total. The van der Waals surface area contributed by atoms with Gasteiger partial charge in [-0.1, -0.05) is 12.1 Å². The van der Waals surface area contributed by atoms with Crippen LogP contribution in [0, 0.1) is 0 Å². The number of benzene rings is 2. The largest absolute Gasteiger partial charge is 0.423 e. The summed E-state index contributed by atoms with van der Waals surface area (Å²) >= 11 is 0. The van der Waals surface area contributed by atoms with Crippen LogP contribution in [0.5, 0.6) is 0 Å². The summed E-state index contributed by atoms with van der Waals surface area (Å²) in [5.74, 6) is -0.936. The third-order valence-electron chi connectivity index (χ3n) is 4.39. The Morgan fingerprint density at radius 3 is 2.70 bits per heavy atom. The minimum absolute atomic E-state index is 0.251. The third kappa shape index (κ3) is 4.09. The van der Waals surface area contributed by atoms with Gasteiger partial charge in [0, 0.05) is 17.1 Å². The SMILES string of the molecule is O=C(Cn1cnc2ccccc2c1=O)NCC(=O)Nc1ccc2oc(=O)ccc2c1. The van der Waals surface area contributed by atoms with E-state index in [0.29, 0.717) is 27.6 Å². The number of fused-ring (bicyclic) bond motifs is 2. The molecule has 4 rings (SSSR count). The molecule has 0 bridgehead atoms. The molecule has 2 aromatic heterocycles. The summed E-state index contributed by atoms with van der Waals surface area (Å²) in [6.45, 7) is -0.518. The quantitative estimate of drug-likeness (QED) is 0.483. The summed E-state index contributed by atoms with van der Waals surface area (Å²) in [5.41, 5.74) is 0.660. The van der Waals surface area contributed by atoms with Crippen molar-refractivity contribution in [2.75, 3.05) is 11.9 Å². The fourth-order valence-corrected chi connectivity index (χ4v) is 2.96. The summed E-state index contributed by atoms with van der Waals surface area (Å²) < 4.78 is 6.22. The summed E-state index contributed by atoms with van der Waals surface area (Å²) in [7, 11) is 0. The second-order valence-electron chi connectivity index (χ2n) is 6.53. The molecular formula is C21H16N4O5. The first-order valence-corrected chi connectivity index (χ1v) is 9.04. The molecule has 0 spiro atoms. The van der Waals surface area contributed by atoms with Crippen molar-refractivity contribution in [1.29, 1.82) is 0 Å². The van der Waals surface area contributed by atoms with Gasteiger partial charge >= 0.3 is 5.63 Å². The van der Waals surface area contributed by atoms with Gasteiger partial charge in [0.05, 0.1) is 23.8 Å². The first-order valence-electron chi connectivity index (χ1n) is 9.04. The monoisotopic (exact) mass is 404 g/mol. The van der Waals surface area contributed by atoms with Crippen LogP contribution < -0.4 is 21.8 Å². The van der Waals surface area contributed by atoms with Crippen molar-refractivity contribution < 1.29 is 14.0 Å². The number of anilines is 1. The maximum Gasteiger partial charge on any atom is 0.336 e. The number of carbonyl (C=O) groups excluding carboxylic acids is 2. The third-order valence-corrected chi connectivity index (χ3v) is 4.39. The topological polar surface area (TPSA) is 123 Å². The van der Waals surface area contributed by atoms with Gasteiger partial charge in [-0.25, -0.2) is 9.78 Å². The van der Waals surface area contributed by atoms with Crippen LogP contribution >= 0.6 is 0 Å². The Bertz CT molecular complexity index is 1390. The lowest BCUT2D eigenvalue weighted by Crippen LogP contribution is -2.37. The van der Waals surface area contributed by atoms with Crippen molar-refractivity contribution in [3.05, 3.63) is 81.7 Å². The molecule has 0 saturated carbocycles. The average molecular weight is 404 g/mol. The number of rotatable bonds is 5. The molecule has 2 aromatic carbocycles. The van der Waals surface area contributed by atoms with Crippen LogP contribution in [0.3, 0.4) is 0 Å². The molecule has 2 amide bonds. The highest BCUT2D eigenvalue weighted by atomic mass is 16.4. The van der Waals surface area contributed by atoms with E-state index in [1.54, 1.807) is 48.5 Å². The molecule has 9 heteroatoms. The zero-order chi connectivity index (χ0) is 21.1. The molecule has 0 atom stereocenters. The van der Waals surface area contributed by atoms with Crippen molar-refractivity contribution in [3.8, 4) is 0 Å². The van der Waals surface area contributed by atoms with Crippen LogP contribution in [0.15, 0.2) is 74.9 Å². The van der Waals surface area contributed by atoms with Crippen molar-refractivity contribution in [2.24, 2.45) is 0 Å². The molecule has 0 radical (unpaired) electrons. The van der Waals surface area contributed by atoms with E-state index in [1.165, 1.54) is 17.0 Å². The van der Waals surface area contributed by atoms with Gasteiger partial charge in [0.25, 0.3) is 5.56 Å². The molecule has 0 aliphatic carbocycles. The van der Waals surface area contributed by atoms with Gasteiger partial charge in [-0.15, -0.1) is 0 Å². The highest BCUT2D eigenvalue weighted by molar-refractivity contribution is 5.96. The molecule has 0 fully saturated rings. The second-order valence-corrected chi connectivity index (χ2v) is 6.53. The number of hydrogen-bond donors (Lipinski definition) is 2. The lowest BCUT2D eigenvalue weighted by molar-refractivity contribution is -0.124. The number of amides is 2. The Hall–Kier alpha value is -4.27. The maximum absolute atomic E-state index is 12.4. The number of hydrogen-bond acceptors (Lipinski definition) is 6. The van der Waals surface area contributed by atoms with E-state index in [4.69, 9.17) is 4.42 Å². The van der Waals surface area contributed by atoms with Gasteiger partial charge in [0.15, 0.2) is 0 Å². The minimum Gasteiger partial charge on any atom is -0.423 e. The van der Waals surface area contributed by atoms with Gasteiger partial charge in [-0.05, 0) is 36.4 Å². The molecule has 0 saturated heterocycles. The zero-order valence-electron chi connectivity index (χ0n) is 15.6. The van der Waals surface area contributed by atoms with Gasteiger partial charge < -0.3 is 15.1 Å². The molecule has 9 nitrogen and oxygen atoms in total. The first kappa shape index (κ1) is 19.1. The lowest BCUT2D eigenvalue weighted by Gasteiger charge is -2.09. The second kappa shape index (κ2) is 8.00. The van der Waals surface area contributed by atoms with Crippen molar-refractivity contribution in [2.45, 2.75) is 6.54 Å². The standard InChI is InChI=1S/C21H16N4O5/c26-18(24-14-6-7-17-13(9-14)5-8-20(28)30-17)10-22-19(27)11-25-12-23-16-4-2-1-3-15(16)21(25)29/h1-9,12H,10-11H2,(H,22,27)(H,24,26). The number of nitrogens with zero attached hydrogens (tertiary/aromatic N) is 2. The maximum atomic E-state index is 12.4. The van der Waals surface area contributed by atoms with Crippen LogP contribution in [0.2, 0.25) is 0 Å². The molecule has 4 aromatic rings. The summed E-state index contributed by atoms with van der Waals surface area (Å²) in [6, 6.07) is 14.5. The van der Waals surface area contributed by atoms with Crippen LogP contribution in [0.25, 0.3) is 21.9 Å². The van der Waals surface area contributed by atoms with Gasteiger partial charge in [-0.2, -0.15) is 0 Å². The minimum atomic E-state index is -0.496. The average Bonchev–Trinajstić information content (AvgIpc) is 2.74. The van der Waals surface area contributed by atoms with E-state index >= 15 is 0 Å². The van der Waals surface area contributed by atoms with E-state index in [0.717, 1.165) is 0 Å². The van der Waals surface area contributed by atoms with Crippen LogP contribution in [-0.2, 0) is 16.1 Å². The molecule has 150 valence electrons. The van der Waals surface area contributed by atoms with E-state index < -0.39 is 17.4 Å². The molecule has 0 aliphatic rings. The van der Waals surface area contributed by atoms with Gasteiger partial charge in [-0.3, -0.25) is 19.0 Å². The highest BCUT2D eigenvalue weighted by Gasteiger charge is 2.10. The van der Waals surface area contributed by atoms with E-state index in [-0.39, 0.29) is 18.6 Å². The fourth-order valence-electron chi connectivity index (χ4n) is 2.96. The van der Waals surface area contributed by atoms with E-state index in [9.17, 15) is 19.2 Å². The Morgan fingerprint density at radius 2 is 1.83 bits per heavy atom. The van der Waals surface area contributed by atoms with Gasteiger partial charge in [0.2, 0.25) is 11.8 Å². The summed E-state index contributed by atoms with van der Waals surface area (Å²) in [5, 5.41) is 6.19. The van der Waals surface area contributed by atoms with Crippen LogP contribution in [0.4, 0.5) is 5.69 Å². The Balaban J connectivity index is 1.36. The van der Waals surface area contributed by atoms with Crippen molar-refractivity contribution in [3.63, 3.8) is 0 Å². The lowest BCUT2D eigenvalue weighted by atomic mass is 10.2. The predicted molar refractivity (Wildman–Crippen MR) is 110 cm³/mol. The summed E-state index contributed by atoms with van der Waals surface area (Å²) in [6.07, 6.45) is 1.30. The molecule has 30 heavy (non-hydrogen) atoms. The fraction of sp³-hybridized carbons (Fsp3) is 0.0952. The zero-order valence-corrected chi connectivity index (χ0v) is 15.6. The number of para-hydroxylation sites is 1. The van der Waals surface area contributed by atoms with Crippen molar-refractivity contribution >= 4 is 39.4 Å². The smallest absolute Gasteiger partial charge is 0.336 e. The number of carbonyl (C=O) groups is 2. The van der Waals surface area contributed by atoms with E-state index in [2.05, 4.69) is 15.6 Å². The van der Waals surface area contributed by atoms with Crippen molar-refractivity contribution in [1.82, 2.24) is 14.9 Å². The van der Waals surface area contributed by atoms with Crippen LogP contribution in [0.1, 0.15) is 0 Å². The molecule has 2 heterocycles. The Labute approximate surface area is 169 Å². The molecular weight excluding hydrogens is 388 g/mol. The normalized spacial score (nSPS) is 10.8. The summed E-state index contributed by atoms with van der Waals surface area (Å²) in [4.78, 5) is 52.0. The molecule has 0 unspecified atom stereocenters. The first-order chi connectivity index (χ1) is 14.5. The number of nitrogens with one attached hydrogen (secondary N) is 2. The Morgan fingerprint density at radius 1 is 1.00 bits per heavy atom. The van der Waals surface area contributed by atoms with E-state index in [1.807, 2.05) is 0 Å². The Kier molecular flexibility index (Phi) is 5.08. The van der Waals surface area contributed by atoms with Gasteiger partial charge in [0.1, 0.15) is 12.1 Å². The molecule has 0 aliphatic heterocycles. The highest BCUT2D eigenvalue weighted by Crippen LogP contribution is 2.17. The predicted octanol–water partition coefficient (Wildman–Crippen LogP) is 1.26. The number of aromatic nitrogens is 2.